The highest BCUT2D eigenvalue weighted by Gasteiger charge is 2.24. The van der Waals surface area contributed by atoms with Crippen molar-refractivity contribution in [2.45, 2.75) is 36.3 Å². The number of benzene rings is 1. The maximum Gasteiger partial charge on any atom is 0.0877 e. The maximum absolute atomic E-state index is 5.90. The molecule has 0 saturated heterocycles. The molecule has 2 N–H and O–H groups in total. The van der Waals surface area contributed by atoms with Crippen molar-refractivity contribution in [1.82, 2.24) is 0 Å². The first kappa shape index (κ1) is 10.0. The third-order valence-electron chi connectivity index (χ3n) is 2.51. The highest BCUT2D eigenvalue weighted by molar-refractivity contribution is 7.94. The molecule has 0 bridgehead atoms. The van der Waals surface area contributed by atoms with Gasteiger partial charge in [0.2, 0.25) is 0 Å². The van der Waals surface area contributed by atoms with Crippen LogP contribution in [0.15, 0.2) is 35.2 Å². The van der Waals surface area contributed by atoms with Gasteiger partial charge in [-0.3, -0.25) is 0 Å². The molecular formula is C11H15NOS. The van der Waals surface area contributed by atoms with E-state index in [1.807, 2.05) is 30.3 Å². The molecule has 14 heavy (non-hydrogen) atoms. The Kier molecular flexibility index (Phi) is 3.45. The highest BCUT2D eigenvalue weighted by atomic mass is 32.2. The van der Waals surface area contributed by atoms with Crippen molar-refractivity contribution in [2.75, 3.05) is 0 Å². The van der Waals surface area contributed by atoms with E-state index in [4.69, 9.17) is 9.92 Å². The summed E-state index contributed by atoms with van der Waals surface area (Å²) in [5.74, 6) is 0. The third-order valence-corrected chi connectivity index (χ3v) is 3.32. The molecule has 1 aliphatic carbocycles. The summed E-state index contributed by atoms with van der Waals surface area (Å²) in [5.41, 5.74) is 5.90. The van der Waals surface area contributed by atoms with Crippen LogP contribution < -0.4 is 5.73 Å². The van der Waals surface area contributed by atoms with Gasteiger partial charge in [0.05, 0.1) is 6.10 Å². The van der Waals surface area contributed by atoms with Gasteiger partial charge in [0.15, 0.2) is 0 Å². The van der Waals surface area contributed by atoms with Gasteiger partial charge in [-0.15, -0.1) is 0 Å². The molecule has 3 heteroatoms. The smallest absolute Gasteiger partial charge is 0.0877 e. The lowest BCUT2D eigenvalue weighted by Crippen LogP contribution is -2.29. The van der Waals surface area contributed by atoms with Crippen LogP contribution in [0.2, 0.25) is 0 Å². The SMILES string of the molecule is NC1CCCC1OSc1ccccc1. The minimum Gasteiger partial charge on any atom is -0.325 e. The van der Waals surface area contributed by atoms with Crippen molar-refractivity contribution in [3.63, 3.8) is 0 Å². The molecule has 1 fully saturated rings. The Morgan fingerprint density at radius 1 is 1.21 bits per heavy atom. The van der Waals surface area contributed by atoms with Gasteiger partial charge in [-0.25, -0.2) is 0 Å². The zero-order valence-electron chi connectivity index (χ0n) is 8.06. The predicted octanol–water partition coefficient (Wildman–Crippen LogP) is 2.59. The second kappa shape index (κ2) is 4.82. The van der Waals surface area contributed by atoms with Gasteiger partial charge in [0.25, 0.3) is 0 Å². The van der Waals surface area contributed by atoms with E-state index in [2.05, 4.69) is 0 Å². The number of rotatable bonds is 3. The molecule has 1 aliphatic rings. The first-order valence-corrected chi connectivity index (χ1v) is 5.74. The Hall–Kier alpha value is -0.510. The Labute approximate surface area is 89.0 Å². The van der Waals surface area contributed by atoms with Gasteiger partial charge in [-0.2, -0.15) is 0 Å². The lowest BCUT2D eigenvalue weighted by atomic mass is 10.2. The molecule has 0 spiro atoms. The summed E-state index contributed by atoms with van der Waals surface area (Å²) >= 11 is 1.44. The summed E-state index contributed by atoms with van der Waals surface area (Å²) < 4.78 is 5.69. The Morgan fingerprint density at radius 2 is 2.00 bits per heavy atom. The van der Waals surface area contributed by atoms with Crippen LogP contribution in [0.1, 0.15) is 19.3 Å². The van der Waals surface area contributed by atoms with E-state index in [-0.39, 0.29) is 12.1 Å². The summed E-state index contributed by atoms with van der Waals surface area (Å²) in [6, 6.07) is 10.4. The topological polar surface area (TPSA) is 35.2 Å². The summed E-state index contributed by atoms with van der Waals surface area (Å²) in [6.07, 6.45) is 3.63. The second-order valence-corrected chi connectivity index (χ2v) is 4.46. The minimum absolute atomic E-state index is 0.228. The molecule has 0 heterocycles. The van der Waals surface area contributed by atoms with Crippen LogP contribution in [-0.4, -0.2) is 12.1 Å². The minimum atomic E-state index is 0.228. The van der Waals surface area contributed by atoms with Crippen LogP contribution in [-0.2, 0) is 4.18 Å². The summed E-state index contributed by atoms with van der Waals surface area (Å²) in [6.45, 7) is 0. The van der Waals surface area contributed by atoms with Gasteiger partial charge in [-0.05, 0) is 31.4 Å². The highest BCUT2D eigenvalue weighted by Crippen LogP contribution is 2.28. The normalized spacial score (nSPS) is 26.6. The Morgan fingerprint density at radius 3 is 2.64 bits per heavy atom. The van der Waals surface area contributed by atoms with Crippen molar-refractivity contribution in [2.24, 2.45) is 5.73 Å². The van der Waals surface area contributed by atoms with Crippen molar-refractivity contribution in [3.05, 3.63) is 30.3 Å². The van der Waals surface area contributed by atoms with Crippen LogP contribution in [0.3, 0.4) is 0 Å². The van der Waals surface area contributed by atoms with Crippen LogP contribution in [0.5, 0.6) is 0 Å². The van der Waals surface area contributed by atoms with Gasteiger partial charge in [-0.1, -0.05) is 18.2 Å². The van der Waals surface area contributed by atoms with E-state index in [1.165, 1.54) is 18.5 Å². The molecular weight excluding hydrogens is 194 g/mol. The van der Waals surface area contributed by atoms with Gasteiger partial charge >= 0.3 is 0 Å². The third kappa shape index (κ3) is 2.50. The Bertz CT molecular complexity index is 278. The first-order valence-electron chi connectivity index (χ1n) is 5.00. The van der Waals surface area contributed by atoms with Crippen molar-refractivity contribution in [3.8, 4) is 0 Å². The number of hydrogen-bond donors (Lipinski definition) is 1. The quantitative estimate of drug-likeness (QED) is 0.777. The van der Waals surface area contributed by atoms with Crippen LogP contribution in [0, 0.1) is 0 Å². The molecule has 2 nitrogen and oxygen atoms in total. The number of hydrogen-bond acceptors (Lipinski definition) is 3. The standard InChI is InChI=1S/C11H15NOS/c12-10-7-4-8-11(10)13-14-9-5-2-1-3-6-9/h1-3,5-6,10-11H,4,7-8,12H2. The average Bonchev–Trinajstić information content (AvgIpc) is 2.63. The fourth-order valence-corrected chi connectivity index (χ4v) is 2.41. The van der Waals surface area contributed by atoms with Gasteiger partial charge < -0.3 is 9.92 Å². The van der Waals surface area contributed by atoms with Crippen molar-refractivity contribution < 1.29 is 4.18 Å². The van der Waals surface area contributed by atoms with Crippen molar-refractivity contribution in [1.29, 1.82) is 0 Å². The molecule has 2 unspecified atom stereocenters. The molecule has 0 amide bonds. The molecule has 2 rings (SSSR count). The van der Waals surface area contributed by atoms with Crippen LogP contribution >= 0.6 is 12.0 Å². The van der Waals surface area contributed by atoms with Crippen LogP contribution in [0.4, 0.5) is 0 Å². The molecule has 0 aliphatic heterocycles. The molecule has 0 aromatic heterocycles. The predicted molar refractivity (Wildman–Crippen MR) is 59.0 cm³/mol. The molecule has 1 aromatic rings. The first-order chi connectivity index (χ1) is 6.86. The molecule has 2 atom stereocenters. The van der Waals surface area contributed by atoms with Crippen LogP contribution in [0.25, 0.3) is 0 Å². The molecule has 1 aromatic carbocycles. The summed E-state index contributed by atoms with van der Waals surface area (Å²) in [5, 5.41) is 0. The molecule has 1 saturated carbocycles. The van der Waals surface area contributed by atoms with E-state index >= 15 is 0 Å². The fraction of sp³-hybridized carbons (Fsp3) is 0.455. The van der Waals surface area contributed by atoms with Gasteiger partial charge in [0.1, 0.15) is 0 Å². The Balaban J connectivity index is 1.82. The lowest BCUT2D eigenvalue weighted by molar-refractivity contribution is 0.229. The largest absolute Gasteiger partial charge is 0.325 e. The molecule has 0 radical (unpaired) electrons. The van der Waals surface area contributed by atoms with E-state index in [1.54, 1.807) is 0 Å². The lowest BCUT2D eigenvalue weighted by Gasteiger charge is -2.14. The van der Waals surface area contributed by atoms with Crippen molar-refractivity contribution >= 4 is 12.0 Å². The fourth-order valence-electron chi connectivity index (χ4n) is 1.67. The monoisotopic (exact) mass is 209 g/mol. The molecule has 76 valence electrons. The van der Waals surface area contributed by atoms with E-state index in [9.17, 15) is 0 Å². The number of nitrogens with two attached hydrogens (primary N) is 1. The van der Waals surface area contributed by atoms with E-state index in [0.29, 0.717) is 0 Å². The summed E-state index contributed by atoms with van der Waals surface area (Å²) in [7, 11) is 0. The second-order valence-electron chi connectivity index (χ2n) is 3.63. The van der Waals surface area contributed by atoms with E-state index in [0.717, 1.165) is 17.7 Å². The maximum atomic E-state index is 5.90. The summed E-state index contributed by atoms with van der Waals surface area (Å²) in [4.78, 5) is 1.15. The van der Waals surface area contributed by atoms with Gasteiger partial charge in [0, 0.05) is 23.0 Å². The average molecular weight is 209 g/mol. The zero-order valence-corrected chi connectivity index (χ0v) is 8.87. The van der Waals surface area contributed by atoms with E-state index < -0.39 is 0 Å². The zero-order chi connectivity index (χ0) is 9.80.